The smallest absolute Gasteiger partial charge is 0.335 e. The number of nitrogens with one attached hydrogen (secondary N) is 1. The van der Waals surface area contributed by atoms with E-state index in [4.69, 9.17) is 9.47 Å². The maximum atomic E-state index is 13.3. The maximum Gasteiger partial charge on any atom is 0.335 e. The fourth-order valence-electron chi connectivity index (χ4n) is 2.98. The highest BCUT2D eigenvalue weighted by Gasteiger charge is 2.36. The van der Waals surface area contributed by atoms with E-state index in [1.165, 1.54) is 18.2 Å². The van der Waals surface area contributed by atoms with Gasteiger partial charge in [-0.3, -0.25) is 14.9 Å². The molecule has 9 heteroatoms. The number of rotatable bonds is 7. The Balaban J connectivity index is 2.01. The van der Waals surface area contributed by atoms with Gasteiger partial charge < -0.3 is 9.47 Å². The summed E-state index contributed by atoms with van der Waals surface area (Å²) in [4.78, 5) is 38.5. The number of nitrogens with zero attached hydrogens (tertiary/aromatic N) is 1. The molecule has 0 aliphatic carbocycles. The standard InChI is InChI=1S/C23H22FIN2O5/c1-4-13(3)32-20-18(25)11-14(12-19(20)31-5-2)10-17-21(28)26-23(30)27(22(17)29)16-8-6-15(24)7-9-16/h6-13H,4-5H2,1-3H3,(H,26,28,30)/b17-10+/t13-/m1/s1. The molecule has 3 rings (SSSR count). The average molecular weight is 552 g/mol. The van der Waals surface area contributed by atoms with Crippen LogP contribution in [0.5, 0.6) is 11.5 Å². The molecule has 2 aromatic carbocycles. The van der Waals surface area contributed by atoms with Crippen LogP contribution in [0.2, 0.25) is 0 Å². The van der Waals surface area contributed by atoms with E-state index in [0.29, 0.717) is 23.7 Å². The van der Waals surface area contributed by atoms with Crippen molar-refractivity contribution in [1.29, 1.82) is 0 Å². The van der Waals surface area contributed by atoms with Crippen LogP contribution in [0.4, 0.5) is 14.9 Å². The minimum atomic E-state index is -0.898. The first-order chi connectivity index (χ1) is 15.2. The second-order valence-electron chi connectivity index (χ2n) is 7.03. The van der Waals surface area contributed by atoms with E-state index < -0.39 is 23.7 Å². The largest absolute Gasteiger partial charge is 0.490 e. The fraction of sp³-hybridized carbons (Fsp3) is 0.261. The number of urea groups is 1. The summed E-state index contributed by atoms with van der Waals surface area (Å²) in [5.41, 5.74) is 0.443. The molecule has 0 unspecified atom stereocenters. The molecule has 1 saturated heterocycles. The van der Waals surface area contributed by atoms with Crippen molar-refractivity contribution in [3.63, 3.8) is 0 Å². The van der Waals surface area contributed by atoms with Gasteiger partial charge in [0.2, 0.25) is 0 Å². The number of imide groups is 2. The van der Waals surface area contributed by atoms with E-state index >= 15 is 0 Å². The van der Waals surface area contributed by atoms with E-state index in [2.05, 4.69) is 27.9 Å². The Hall–Kier alpha value is -2.95. The Bertz CT molecular complexity index is 1080. The molecule has 1 N–H and O–H groups in total. The summed E-state index contributed by atoms with van der Waals surface area (Å²) in [5.74, 6) is -1.05. The molecule has 0 aromatic heterocycles. The number of benzene rings is 2. The van der Waals surface area contributed by atoms with E-state index in [1.807, 2.05) is 20.8 Å². The molecule has 168 valence electrons. The van der Waals surface area contributed by atoms with Gasteiger partial charge in [0.05, 0.1) is 22.0 Å². The highest BCUT2D eigenvalue weighted by Crippen LogP contribution is 2.36. The summed E-state index contributed by atoms with van der Waals surface area (Å²) in [6, 6.07) is 7.37. The van der Waals surface area contributed by atoms with Crippen LogP contribution in [0, 0.1) is 9.39 Å². The highest BCUT2D eigenvalue weighted by molar-refractivity contribution is 14.1. The predicted molar refractivity (Wildman–Crippen MR) is 126 cm³/mol. The molecule has 0 spiro atoms. The first-order valence-corrected chi connectivity index (χ1v) is 11.1. The van der Waals surface area contributed by atoms with Crippen molar-refractivity contribution in [3.05, 3.63) is 56.9 Å². The minimum absolute atomic E-state index is 0.0205. The summed E-state index contributed by atoms with van der Waals surface area (Å²) in [7, 11) is 0. The molecule has 1 fully saturated rings. The van der Waals surface area contributed by atoms with Crippen molar-refractivity contribution >= 4 is 52.2 Å². The van der Waals surface area contributed by atoms with Crippen LogP contribution in [-0.2, 0) is 9.59 Å². The average Bonchev–Trinajstić information content (AvgIpc) is 2.74. The molecular weight excluding hydrogens is 530 g/mol. The monoisotopic (exact) mass is 552 g/mol. The zero-order valence-electron chi connectivity index (χ0n) is 17.8. The maximum absolute atomic E-state index is 13.3. The second-order valence-corrected chi connectivity index (χ2v) is 8.20. The van der Waals surface area contributed by atoms with Crippen molar-refractivity contribution < 1.29 is 28.2 Å². The quantitative estimate of drug-likeness (QED) is 0.307. The first kappa shape index (κ1) is 23.7. The minimum Gasteiger partial charge on any atom is -0.490 e. The molecule has 4 amide bonds. The van der Waals surface area contributed by atoms with Gasteiger partial charge >= 0.3 is 6.03 Å². The third-order valence-electron chi connectivity index (χ3n) is 4.72. The van der Waals surface area contributed by atoms with E-state index in [0.717, 1.165) is 27.0 Å². The lowest BCUT2D eigenvalue weighted by molar-refractivity contribution is -0.122. The topological polar surface area (TPSA) is 84.9 Å². The van der Waals surface area contributed by atoms with Crippen molar-refractivity contribution in [2.75, 3.05) is 11.5 Å². The SMILES string of the molecule is CCOc1cc(/C=C2\C(=O)NC(=O)N(c3ccc(F)cc3)C2=O)cc(I)c1O[C@H](C)CC. The van der Waals surface area contributed by atoms with Gasteiger partial charge in [-0.15, -0.1) is 0 Å². The van der Waals surface area contributed by atoms with Crippen LogP contribution in [0.25, 0.3) is 6.08 Å². The van der Waals surface area contributed by atoms with Gasteiger partial charge in [-0.25, -0.2) is 14.1 Å². The van der Waals surface area contributed by atoms with Crippen LogP contribution in [0.3, 0.4) is 0 Å². The molecule has 0 saturated carbocycles. The lowest BCUT2D eigenvalue weighted by Gasteiger charge is -2.26. The number of carbonyl (C=O) groups excluding carboxylic acids is 3. The third-order valence-corrected chi connectivity index (χ3v) is 5.52. The summed E-state index contributed by atoms with van der Waals surface area (Å²) >= 11 is 2.11. The van der Waals surface area contributed by atoms with Crippen molar-refractivity contribution in [2.24, 2.45) is 0 Å². The number of amides is 4. The first-order valence-electron chi connectivity index (χ1n) is 10.0. The van der Waals surface area contributed by atoms with Gasteiger partial charge in [0.1, 0.15) is 11.4 Å². The van der Waals surface area contributed by atoms with Crippen LogP contribution in [0.15, 0.2) is 42.0 Å². The summed E-state index contributed by atoms with van der Waals surface area (Å²) in [5, 5.41) is 2.15. The fourth-order valence-corrected chi connectivity index (χ4v) is 3.73. The molecule has 0 radical (unpaired) electrons. The molecule has 1 atom stereocenters. The molecule has 1 aliphatic rings. The van der Waals surface area contributed by atoms with Gasteiger partial charge in [0, 0.05) is 0 Å². The Labute approximate surface area is 198 Å². The second kappa shape index (κ2) is 10.1. The van der Waals surface area contributed by atoms with Crippen molar-refractivity contribution in [1.82, 2.24) is 5.32 Å². The van der Waals surface area contributed by atoms with Crippen LogP contribution in [0.1, 0.15) is 32.8 Å². The number of hydrogen-bond acceptors (Lipinski definition) is 5. The van der Waals surface area contributed by atoms with Gasteiger partial charge in [-0.05, 0) is 90.9 Å². The summed E-state index contributed by atoms with van der Waals surface area (Å²) < 4.78 is 25.7. The van der Waals surface area contributed by atoms with Gasteiger partial charge in [0.25, 0.3) is 11.8 Å². The molecule has 2 aromatic rings. The normalized spacial score (nSPS) is 16.2. The van der Waals surface area contributed by atoms with Crippen LogP contribution >= 0.6 is 22.6 Å². The van der Waals surface area contributed by atoms with Gasteiger partial charge in [-0.1, -0.05) is 6.92 Å². The highest BCUT2D eigenvalue weighted by atomic mass is 127. The summed E-state index contributed by atoms with van der Waals surface area (Å²) in [6.45, 7) is 6.21. The number of carbonyl (C=O) groups is 3. The lowest BCUT2D eigenvalue weighted by Crippen LogP contribution is -2.54. The van der Waals surface area contributed by atoms with E-state index in [9.17, 15) is 18.8 Å². The van der Waals surface area contributed by atoms with Gasteiger partial charge in [-0.2, -0.15) is 0 Å². The predicted octanol–water partition coefficient (Wildman–Crippen LogP) is 4.67. The lowest BCUT2D eigenvalue weighted by atomic mass is 10.1. The Morgan fingerprint density at radius 2 is 1.84 bits per heavy atom. The number of barbiturate groups is 1. The van der Waals surface area contributed by atoms with Crippen LogP contribution in [-0.4, -0.2) is 30.6 Å². The third kappa shape index (κ3) is 5.09. The number of hydrogen-bond donors (Lipinski definition) is 1. The zero-order chi connectivity index (χ0) is 23.4. The zero-order valence-corrected chi connectivity index (χ0v) is 19.9. The Kier molecular flexibility index (Phi) is 7.49. The van der Waals surface area contributed by atoms with Crippen molar-refractivity contribution in [2.45, 2.75) is 33.3 Å². The Morgan fingerprint density at radius 1 is 1.16 bits per heavy atom. The van der Waals surface area contributed by atoms with Crippen molar-refractivity contribution in [3.8, 4) is 11.5 Å². The number of ether oxygens (including phenoxy) is 2. The molecular formula is C23H22FIN2O5. The molecule has 1 heterocycles. The van der Waals surface area contributed by atoms with Gasteiger partial charge in [0.15, 0.2) is 11.5 Å². The number of anilines is 1. The molecule has 7 nitrogen and oxygen atoms in total. The Morgan fingerprint density at radius 3 is 2.47 bits per heavy atom. The molecule has 1 aliphatic heterocycles. The van der Waals surface area contributed by atoms with E-state index in [-0.39, 0.29) is 17.4 Å². The summed E-state index contributed by atoms with van der Waals surface area (Å²) in [6.07, 6.45) is 2.18. The number of halogens is 2. The van der Waals surface area contributed by atoms with Crippen LogP contribution < -0.4 is 19.7 Å². The molecule has 32 heavy (non-hydrogen) atoms. The van der Waals surface area contributed by atoms with E-state index in [1.54, 1.807) is 12.1 Å². The molecule has 0 bridgehead atoms.